The van der Waals surface area contributed by atoms with Crippen molar-refractivity contribution in [2.75, 3.05) is 0 Å². The Bertz CT molecular complexity index is 409. The average molecular weight is 314 g/mol. The highest BCUT2D eigenvalue weighted by Crippen LogP contribution is 2.51. The van der Waals surface area contributed by atoms with Crippen molar-refractivity contribution < 1.29 is 0 Å². The fourth-order valence-corrected chi connectivity index (χ4v) is 3.96. The number of hydrogen-bond donors (Lipinski definition) is 0. The molecule has 3 unspecified atom stereocenters. The van der Waals surface area contributed by atoms with Gasteiger partial charge < -0.3 is 0 Å². The maximum atomic E-state index is 3.74. The normalized spacial score (nSPS) is 33.1. The largest absolute Gasteiger partial charge is 0.0839 e. The summed E-state index contributed by atoms with van der Waals surface area (Å²) in [6.45, 7) is 0. The summed E-state index contributed by atoms with van der Waals surface area (Å²) in [5, 5.41) is 0. The molecule has 0 N–H and O–H groups in total. The summed E-state index contributed by atoms with van der Waals surface area (Å²) in [6.07, 6.45) is 5.91. The molecular weight excluding hydrogens is 304 g/mol. The molecule has 2 heteroatoms. The summed E-state index contributed by atoms with van der Waals surface area (Å²) in [5.74, 6) is 1.32. The number of benzene rings is 1. The molecule has 14 heavy (non-hydrogen) atoms. The third-order valence-corrected chi connectivity index (χ3v) is 4.91. The summed E-state index contributed by atoms with van der Waals surface area (Å²) >= 11 is 7.40. The minimum Gasteiger partial charge on any atom is -0.0839 e. The van der Waals surface area contributed by atoms with E-state index in [9.17, 15) is 0 Å². The lowest BCUT2D eigenvalue weighted by molar-refractivity contribution is 0.641. The Morgan fingerprint density at radius 2 is 2.07 bits per heavy atom. The number of hydrogen-bond acceptors (Lipinski definition) is 0. The fourth-order valence-electron chi connectivity index (χ4n) is 2.63. The Morgan fingerprint density at radius 3 is 2.93 bits per heavy atom. The maximum absolute atomic E-state index is 3.74. The highest BCUT2D eigenvalue weighted by molar-refractivity contribution is 9.10. The lowest BCUT2D eigenvalue weighted by atomic mass is 9.93. The van der Waals surface area contributed by atoms with Crippen LogP contribution < -0.4 is 0 Å². The minimum absolute atomic E-state index is 0.513. The summed E-state index contributed by atoms with van der Waals surface area (Å²) in [6, 6.07) is 6.56. The second-order valence-electron chi connectivity index (χ2n) is 4.02. The quantitative estimate of drug-likeness (QED) is 0.493. The van der Waals surface area contributed by atoms with Gasteiger partial charge in [0.25, 0.3) is 0 Å². The van der Waals surface area contributed by atoms with Crippen molar-refractivity contribution in [1.82, 2.24) is 0 Å². The van der Waals surface area contributed by atoms with E-state index in [0.717, 1.165) is 0 Å². The molecule has 0 radical (unpaired) electrons. The Morgan fingerprint density at radius 1 is 1.21 bits per heavy atom. The van der Waals surface area contributed by atoms with Gasteiger partial charge in [0, 0.05) is 21.1 Å². The first-order valence-corrected chi connectivity index (χ1v) is 6.59. The molecule has 2 aliphatic rings. The molecule has 0 aromatic heterocycles. The van der Waals surface area contributed by atoms with Crippen molar-refractivity contribution in [3.8, 4) is 0 Å². The molecule has 0 fully saturated rings. The summed E-state index contributed by atoms with van der Waals surface area (Å²) in [4.78, 5) is 0.513. The van der Waals surface area contributed by atoms with E-state index in [1.54, 1.807) is 0 Å². The molecule has 0 saturated heterocycles. The molecule has 0 spiro atoms. The summed E-state index contributed by atoms with van der Waals surface area (Å²) in [7, 11) is 0. The van der Waals surface area contributed by atoms with E-state index in [1.165, 1.54) is 22.0 Å². The maximum Gasteiger partial charge on any atom is 0.0395 e. The first-order valence-electron chi connectivity index (χ1n) is 4.88. The molecule has 0 nitrogen and oxygen atoms in total. The zero-order valence-electron chi connectivity index (χ0n) is 7.58. The van der Waals surface area contributed by atoms with Crippen molar-refractivity contribution in [3.05, 3.63) is 46.0 Å². The molecule has 72 valence electrons. The van der Waals surface area contributed by atoms with E-state index in [-0.39, 0.29) is 0 Å². The standard InChI is InChI=1S/C12H10Br2/c13-10-5-4-7-6-9(10)12-8(7)2-1-3-11(12)14/h1-5,7,9-10H,6H2. The van der Waals surface area contributed by atoms with Crippen LogP contribution >= 0.6 is 31.9 Å². The Kier molecular flexibility index (Phi) is 2.10. The van der Waals surface area contributed by atoms with E-state index in [0.29, 0.717) is 16.7 Å². The van der Waals surface area contributed by atoms with Gasteiger partial charge in [0.2, 0.25) is 0 Å². The zero-order valence-corrected chi connectivity index (χ0v) is 10.8. The lowest BCUT2D eigenvalue weighted by Crippen LogP contribution is -2.10. The van der Waals surface area contributed by atoms with Gasteiger partial charge in [-0.3, -0.25) is 0 Å². The van der Waals surface area contributed by atoms with Crippen LogP contribution in [0.1, 0.15) is 29.4 Å². The third kappa shape index (κ3) is 1.17. The summed E-state index contributed by atoms with van der Waals surface area (Å²) < 4.78 is 1.27. The topological polar surface area (TPSA) is 0 Å². The third-order valence-electron chi connectivity index (χ3n) is 3.28. The summed E-state index contributed by atoms with van der Waals surface area (Å²) in [5.41, 5.74) is 3.03. The highest BCUT2D eigenvalue weighted by Gasteiger charge is 2.36. The number of halogens is 2. The van der Waals surface area contributed by atoms with Crippen molar-refractivity contribution in [3.63, 3.8) is 0 Å². The smallest absolute Gasteiger partial charge is 0.0395 e. The van der Waals surface area contributed by atoms with E-state index in [2.05, 4.69) is 62.2 Å². The van der Waals surface area contributed by atoms with E-state index < -0.39 is 0 Å². The molecule has 0 saturated carbocycles. The van der Waals surface area contributed by atoms with Crippen LogP contribution in [0.4, 0.5) is 0 Å². The first-order chi connectivity index (χ1) is 6.77. The molecule has 1 aromatic carbocycles. The van der Waals surface area contributed by atoms with Crippen LogP contribution in [0.15, 0.2) is 34.8 Å². The lowest BCUT2D eigenvalue weighted by Gasteiger charge is -2.19. The molecule has 0 amide bonds. The molecule has 0 heterocycles. The van der Waals surface area contributed by atoms with Gasteiger partial charge in [0.05, 0.1) is 0 Å². The van der Waals surface area contributed by atoms with Crippen LogP contribution in [0, 0.1) is 0 Å². The molecule has 0 aliphatic heterocycles. The first kappa shape index (κ1) is 9.17. The fraction of sp³-hybridized carbons (Fsp3) is 0.333. The van der Waals surface area contributed by atoms with Gasteiger partial charge >= 0.3 is 0 Å². The Hall–Kier alpha value is -0.0800. The van der Waals surface area contributed by atoms with Gasteiger partial charge in [-0.05, 0) is 23.6 Å². The molecule has 2 bridgehead atoms. The number of allylic oxidation sites excluding steroid dienone is 2. The average Bonchev–Trinajstić information content (AvgIpc) is 2.49. The molecule has 1 aromatic rings. The van der Waals surface area contributed by atoms with Crippen molar-refractivity contribution in [2.24, 2.45) is 0 Å². The second kappa shape index (κ2) is 3.21. The van der Waals surface area contributed by atoms with Crippen molar-refractivity contribution in [1.29, 1.82) is 0 Å². The van der Waals surface area contributed by atoms with Gasteiger partial charge in [0.15, 0.2) is 0 Å². The van der Waals surface area contributed by atoms with Gasteiger partial charge in [-0.15, -0.1) is 0 Å². The van der Waals surface area contributed by atoms with Crippen LogP contribution in [-0.4, -0.2) is 4.83 Å². The number of rotatable bonds is 0. The highest BCUT2D eigenvalue weighted by atomic mass is 79.9. The zero-order chi connectivity index (χ0) is 9.71. The predicted octanol–water partition coefficient (Wildman–Crippen LogP) is 4.35. The van der Waals surface area contributed by atoms with E-state index >= 15 is 0 Å². The molecular formula is C12H10Br2. The van der Waals surface area contributed by atoms with Crippen LogP contribution in [-0.2, 0) is 0 Å². The predicted molar refractivity (Wildman–Crippen MR) is 66.1 cm³/mol. The number of alkyl halides is 1. The molecule has 2 aliphatic carbocycles. The minimum atomic E-state index is 0.513. The Balaban J connectivity index is 2.23. The Labute approximate surface area is 101 Å². The molecule has 3 atom stereocenters. The van der Waals surface area contributed by atoms with Crippen LogP contribution in [0.5, 0.6) is 0 Å². The molecule has 3 rings (SSSR count). The second-order valence-corrected chi connectivity index (χ2v) is 5.93. The van der Waals surface area contributed by atoms with E-state index in [4.69, 9.17) is 0 Å². The van der Waals surface area contributed by atoms with Crippen molar-refractivity contribution in [2.45, 2.75) is 23.1 Å². The van der Waals surface area contributed by atoms with Crippen molar-refractivity contribution >= 4 is 31.9 Å². The van der Waals surface area contributed by atoms with Gasteiger partial charge in [-0.1, -0.05) is 56.1 Å². The van der Waals surface area contributed by atoms with Gasteiger partial charge in [-0.25, -0.2) is 0 Å². The SMILES string of the molecule is Brc1cccc2c1C1CC2C=CC1Br. The van der Waals surface area contributed by atoms with Crippen LogP contribution in [0.2, 0.25) is 0 Å². The van der Waals surface area contributed by atoms with Gasteiger partial charge in [0.1, 0.15) is 0 Å². The van der Waals surface area contributed by atoms with E-state index in [1.807, 2.05) is 0 Å². The number of fused-ring (bicyclic) bond motifs is 5. The monoisotopic (exact) mass is 312 g/mol. The van der Waals surface area contributed by atoms with Crippen LogP contribution in [0.3, 0.4) is 0 Å². The van der Waals surface area contributed by atoms with Crippen LogP contribution in [0.25, 0.3) is 0 Å². The van der Waals surface area contributed by atoms with Gasteiger partial charge in [-0.2, -0.15) is 0 Å².